The first-order valence-electron chi connectivity index (χ1n) is 6.45. The molecule has 1 heterocycles. The summed E-state index contributed by atoms with van der Waals surface area (Å²) in [6.45, 7) is 4.17. The maximum absolute atomic E-state index is 8.80. The zero-order valence-electron chi connectivity index (χ0n) is 11.1. The Morgan fingerprint density at radius 3 is 2.68 bits per heavy atom. The number of aryl methyl sites for hydroxylation is 2. The molecule has 19 heavy (non-hydrogen) atoms. The molecule has 0 amide bonds. The van der Waals surface area contributed by atoms with Gasteiger partial charge in [-0.3, -0.25) is 0 Å². The molecule has 1 aromatic heterocycles. The second-order valence-electron chi connectivity index (χ2n) is 5.30. The van der Waals surface area contributed by atoms with E-state index in [2.05, 4.69) is 48.3 Å². The molecule has 96 valence electrons. The van der Waals surface area contributed by atoms with Crippen LogP contribution in [-0.4, -0.2) is 10.1 Å². The van der Waals surface area contributed by atoms with Gasteiger partial charge in [-0.1, -0.05) is 34.5 Å². The summed E-state index contributed by atoms with van der Waals surface area (Å²) in [5, 5.41) is 12.8. The summed E-state index contributed by atoms with van der Waals surface area (Å²) < 4.78 is 5.24. The minimum Gasteiger partial charge on any atom is -0.339 e. The summed E-state index contributed by atoms with van der Waals surface area (Å²) in [6, 6.07) is 8.65. The Balaban J connectivity index is 1.75. The predicted molar refractivity (Wildman–Crippen MR) is 69.5 cm³/mol. The van der Waals surface area contributed by atoms with Crippen molar-refractivity contribution < 1.29 is 4.52 Å². The van der Waals surface area contributed by atoms with Gasteiger partial charge in [-0.2, -0.15) is 10.2 Å². The molecule has 1 aliphatic rings. The van der Waals surface area contributed by atoms with E-state index in [4.69, 9.17) is 9.78 Å². The number of nitriles is 1. The van der Waals surface area contributed by atoms with Gasteiger partial charge >= 0.3 is 0 Å². The molecule has 4 heteroatoms. The molecule has 0 spiro atoms. The summed E-state index contributed by atoms with van der Waals surface area (Å²) in [7, 11) is 0. The van der Waals surface area contributed by atoms with Crippen molar-refractivity contribution in [1.29, 1.82) is 5.26 Å². The first kappa shape index (κ1) is 11.9. The smallest absolute Gasteiger partial charge is 0.231 e. The monoisotopic (exact) mass is 253 g/mol. The molecule has 2 unspecified atom stereocenters. The van der Waals surface area contributed by atoms with Crippen molar-refractivity contribution >= 4 is 0 Å². The van der Waals surface area contributed by atoms with Crippen molar-refractivity contribution in [1.82, 2.24) is 10.1 Å². The highest BCUT2D eigenvalue weighted by Crippen LogP contribution is 2.46. The predicted octanol–water partition coefficient (Wildman–Crippen LogP) is 2.90. The lowest BCUT2D eigenvalue weighted by Gasteiger charge is -2.01. The van der Waals surface area contributed by atoms with E-state index in [1.807, 2.05) is 0 Å². The van der Waals surface area contributed by atoms with Crippen molar-refractivity contribution in [3.8, 4) is 6.07 Å². The van der Waals surface area contributed by atoms with Gasteiger partial charge in [-0.25, -0.2) is 0 Å². The van der Waals surface area contributed by atoms with Crippen LogP contribution < -0.4 is 0 Å². The lowest BCUT2D eigenvalue weighted by Crippen LogP contribution is -1.93. The van der Waals surface area contributed by atoms with E-state index >= 15 is 0 Å². The normalized spacial score (nSPS) is 21.1. The zero-order valence-corrected chi connectivity index (χ0v) is 11.1. The standard InChI is InChI=1S/C15H15N3O/c1-9-3-10(2)5-11(4-9)6-14-17-15(19-18-14)13-7-12(13)8-16/h3-5,12-13H,6-7H2,1-2H3. The van der Waals surface area contributed by atoms with Crippen LogP contribution in [0.1, 0.15) is 40.7 Å². The third kappa shape index (κ3) is 2.50. The third-order valence-corrected chi connectivity index (χ3v) is 3.40. The van der Waals surface area contributed by atoms with Gasteiger partial charge in [0, 0.05) is 6.42 Å². The fourth-order valence-corrected chi connectivity index (χ4v) is 2.45. The Kier molecular flexibility index (Phi) is 2.83. The summed E-state index contributed by atoms with van der Waals surface area (Å²) >= 11 is 0. The van der Waals surface area contributed by atoms with Crippen molar-refractivity contribution in [2.45, 2.75) is 32.6 Å². The second kappa shape index (κ2) is 4.51. The highest BCUT2D eigenvalue weighted by atomic mass is 16.5. The fourth-order valence-electron chi connectivity index (χ4n) is 2.45. The molecular weight excluding hydrogens is 238 g/mol. The maximum atomic E-state index is 8.80. The topological polar surface area (TPSA) is 62.7 Å². The van der Waals surface area contributed by atoms with Crippen LogP contribution >= 0.6 is 0 Å². The first-order valence-corrected chi connectivity index (χ1v) is 6.45. The number of aromatic nitrogens is 2. The maximum Gasteiger partial charge on any atom is 0.231 e. The van der Waals surface area contributed by atoms with E-state index in [0.717, 1.165) is 6.42 Å². The van der Waals surface area contributed by atoms with Crippen LogP contribution in [0.2, 0.25) is 0 Å². The SMILES string of the molecule is Cc1cc(C)cc(Cc2noc(C3CC3C#N)n2)c1. The molecule has 0 radical (unpaired) electrons. The van der Waals surface area contributed by atoms with Crippen molar-refractivity contribution in [3.63, 3.8) is 0 Å². The molecular formula is C15H15N3O. The average molecular weight is 253 g/mol. The van der Waals surface area contributed by atoms with E-state index < -0.39 is 0 Å². The Hall–Kier alpha value is -2.15. The van der Waals surface area contributed by atoms with Gasteiger partial charge in [0.15, 0.2) is 5.82 Å². The Labute approximate surface area is 112 Å². The Morgan fingerprint density at radius 1 is 1.32 bits per heavy atom. The molecule has 0 bridgehead atoms. The largest absolute Gasteiger partial charge is 0.339 e. The summed E-state index contributed by atoms with van der Waals surface area (Å²) in [6.07, 6.45) is 1.53. The van der Waals surface area contributed by atoms with Crippen molar-refractivity contribution in [2.24, 2.45) is 5.92 Å². The highest BCUT2D eigenvalue weighted by molar-refractivity contribution is 5.30. The van der Waals surface area contributed by atoms with Crippen molar-refractivity contribution in [2.75, 3.05) is 0 Å². The summed E-state index contributed by atoms with van der Waals surface area (Å²) in [4.78, 5) is 4.40. The van der Waals surface area contributed by atoms with Crippen LogP contribution in [0.25, 0.3) is 0 Å². The molecule has 2 atom stereocenters. The Bertz CT molecular complexity index is 633. The molecule has 0 N–H and O–H groups in total. The van der Waals surface area contributed by atoms with E-state index in [0.29, 0.717) is 18.1 Å². The minimum absolute atomic E-state index is 0.0644. The summed E-state index contributed by atoms with van der Waals surface area (Å²) in [5.74, 6) is 1.54. The van der Waals surface area contributed by atoms with Gasteiger partial charge in [0.25, 0.3) is 0 Å². The van der Waals surface area contributed by atoms with Gasteiger partial charge < -0.3 is 4.52 Å². The first-order chi connectivity index (χ1) is 9.15. The number of benzene rings is 1. The molecule has 1 aliphatic carbocycles. The van der Waals surface area contributed by atoms with Crippen LogP contribution in [0.4, 0.5) is 0 Å². The summed E-state index contributed by atoms with van der Waals surface area (Å²) in [5.41, 5.74) is 3.67. The zero-order chi connectivity index (χ0) is 13.4. The number of rotatable bonds is 3. The minimum atomic E-state index is 0.0644. The third-order valence-electron chi connectivity index (χ3n) is 3.40. The molecule has 1 saturated carbocycles. The average Bonchev–Trinajstić information content (AvgIpc) is 3.00. The molecule has 4 nitrogen and oxygen atoms in total. The highest BCUT2D eigenvalue weighted by Gasteiger charge is 2.43. The van der Waals surface area contributed by atoms with Crippen LogP contribution in [0.5, 0.6) is 0 Å². The number of hydrogen-bond donors (Lipinski definition) is 0. The van der Waals surface area contributed by atoms with Crippen LogP contribution in [-0.2, 0) is 6.42 Å². The molecule has 2 aromatic rings. The second-order valence-corrected chi connectivity index (χ2v) is 5.30. The van der Waals surface area contributed by atoms with Crippen LogP contribution in [0.3, 0.4) is 0 Å². The lowest BCUT2D eigenvalue weighted by molar-refractivity contribution is 0.373. The van der Waals surface area contributed by atoms with E-state index in [9.17, 15) is 0 Å². The molecule has 1 aromatic carbocycles. The van der Waals surface area contributed by atoms with Crippen LogP contribution in [0, 0.1) is 31.1 Å². The van der Waals surface area contributed by atoms with Crippen LogP contribution in [0.15, 0.2) is 22.7 Å². The fraction of sp³-hybridized carbons (Fsp3) is 0.400. The van der Waals surface area contributed by atoms with E-state index in [-0.39, 0.29) is 11.8 Å². The molecule has 3 rings (SSSR count). The molecule has 0 aliphatic heterocycles. The van der Waals surface area contributed by atoms with Gasteiger partial charge in [0.2, 0.25) is 5.89 Å². The number of nitrogens with zero attached hydrogens (tertiary/aromatic N) is 3. The van der Waals surface area contributed by atoms with E-state index in [1.165, 1.54) is 16.7 Å². The molecule has 0 saturated heterocycles. The quantitative estimate of drug-likeness (QED) is 0.843. The van der Waals surface area contributed by atoms with E-state index in [1.54, 1.807) is 0 Å². The van der Waals surface area contributed by atoms with Gasteiger partial charge in [0.1, 0.15) is 0 Å². The lowest BCUT2D eigenvalue weighted by atomic mass is 10.1. The number of hydrogen-bond acceptors (Lipinski definition) is 4. The van der Waals surface area contributed by atoms with Gasteiger partial charge in [0.05, 0.1) is 17.9 Å². The van der Waals surface area contributed by atoms with Crippen molar-refractivity contribution in [3.05, 3.63) is 46.6 Å². The van der Waals surface area contributed by atoms with Gasteiger partial charge in [-0.15, -0.1) is 0 Å². The van der Waals surface area contributed by atoms with Gasteiger partial charge in [-0.05, 0) is 25.8 Å². The molecule has 1 fully saturated rings. The Morgan fingerprint density at radius 2 is 2.05 bits per heavy atom.